The molecule has 2 aliphatic rings. The summed E-state index contributed by atoms with van der Waals surface area (Å²) in [4.78, 5) is 48.8. The Labute approximate surface area is 294 Å². The van der Waals surface area contributed by atoms with Crippen molar-refractivity contribution in [3.8, 4) is 0 Å². The molecule has 1 aliphatic heterocycles. The van der Waals surface area contributed by atoms with E-state index in [1.807, 2.05) is 29.2 Å². The van der Waals surface area contributed by atoms with Crippen molar-refractivity contribution in [1.29, 1.82) is 5.53 Å². The Bertz CT molecular complexity index is 1440. The molecule has 15 nitrogen and oxygen atoms in total. The van der Waals surface area contributed by atoms with Crippen LogP contribution in [0.25, 0.3) is 10.9 Å². The molecule has 1 atom stereocenters. The predicted molar refractivity (Wildman–Crippen MR) is 194 cm³/mol. The third-order valence-electron chi connectivity index (χ3n) is 9.46. The van der Waals surface area contributed by atoms with E-state index in [1.54, 1.807) is 18.0 Å². The Balaban J connectivity index is 1.22. The molecule has 50 heavy (non-hydrogen) atoms. The number of carbonyl (C=O) groups excluding carboxylic acids is 2. The summed E-state index contributed by atoms with van der Waals surface area (Å²) in [6.45, 7) is 5.98. The van der Waals surface area contributed by atoms with Gasteiger partial charge in [-0.1, -0.05) is 31.4 Å². The maximum Gasteiger partial charge on any atom is 0.320 e. The standard InChI is InChI=1S/C35H55N11O4/c1-25(47)45(20-8-18-39-26-9-3-2-4-10-26)19-7-17-38-23-28(44-37)24-40-35-42-31-12-6-5-11-29(31)33(43-35)41-27-15-21-46(22-16-27)32(48)14-13-30(36)34(49)50/h5-6,11-12,23,26-27,30,37-39H,2-4,7-10,13-22,24,36H2,1H3,(H,49,50)(H2,40,41,42,43)/b28-23-,44-37?/t30-/m0/s1. The van der Waals surface area contributed by atoms with Gasteiger partial charge in [-0.3, -0.25) is 14.4 Å². The van der Waals surface area contributed by atoms with Crippen LogP contribution in [0.1, 0.15) is 77.6 Å². The SMILES string of the molecule is CC(=O)N(CCCN/C=C(/CNc1nc(NC2CCN(C(=O)CC[C@H](N)C(=O)O)CC2)c2ccccc2n1)N=N)CCCNC1CCCCC1. The molecule has 1 saturated heterocycles. The highest BCUT2D eigenvalue weighted by molar-refractivity contribution is 5.90. The molecule has 274 valence electrons. The summed E-state index contributed by atoms with van der Waals surface area (Å²) in [5.74, 6) is -0.00934. The van der Waals surface area contributed by atoms with Crippen LogP contribution in [0, 0.1) is 5.53 Å². The van der Waals surface area contributed by atoms with E-state index in [2.05, 4.69) is 31.4 Å². The van der Waals surface area contributed by atoms with Gasteiger partial charge >= 0.3 is 5.97 Å². The molecule has 0 spiro atoms. The van der Waals surface area contributed by atoms with Crippen molar-refractivity contribution in [3.63, 3.8) is 0 Å². The fraction of sp³-hybridized carbons (Fsp3) is 0.629. The number of aromatic nitrogens is 2. The number of aliphatic carboxylic acids is 1. The number of benzene rings is 1. The molecule has 1 aliphatic carbocycles. The van der Waals surface area contributed by atoms with Crippen LogP contribution in [0.3, 0.4) is 0 Å². The van der Waals surface area contributed by atoms with Gasteiger partial charge in [-0.05, 0) is 63.6 Å². The van der Waals surface area contributed by atoms with Crippen molar-refractivity contribution >= 4 is 40.5 Å². The maximum absolute atomic E-state index is 12.6. The highest BCUT2D eigenvalue weighted by atomic mass is 16.4. The van der Waals surface area contributed by atoms with E-state index in [4.69, 9.17) is 21.4 Å². The number of piperidine rings is 1. The Morgan fingerprint density at radius 2 is 1.78 bits per heavy atom. The lowest BCUT2D eigenvalue weighted by atomic mass is 9.95. The first-order chi connectivity index (χ1) is 24.2. The Hall–Kier alpha value is -4.37. The Kier molecular flexibility index (Phi) is 15.6. The monoisotopic (exact) mass is 693 g/mol. The molecule has 2 fully saturated rings. The minimum atomic E-state index is -1.10. The zero-order valence-corrected chi connectivity index (χ0v) is 29.3. The van der Waals surface area contributed by atoms with Crippen LogP contribution >= 0.6 is 0 Å². The molecule has 1 saturated carbocycles. The number of carboxylic acids is 1. The molecule has 1 aromatic carbocycles. The van der Waals surface area contributed by atoms with E-state index in [-0.39, 0.29) is 37.2 Å². The van der Waals surface area contributed by atoms with Gasteiger partial charge in [0.2, 0.25) is 17.8 Å². The molecule has 1 aromatic heterocycles. The van der Waals surface area contributed by atoms with Crippen LogP contribution in [0.2, 0.25) is 0 Å². The number of amides is 2. The number of hydrogen-bond donors (Lipinski definition) is 7. The molecule has 0 radical (unpaired) electrons. The van der Waals surface area contributed by atoms with Gasteiger partial charge in [-0.25, -0.2) is 10.5 Å². The predicted octanol–water partition coefficient (Wildman–Crippen LogP) is 3.65. The topological polar surface area (TPSA) is 214 Å². The summed E-state index contributed by atoms with van der Waals surface area (Å²) in [5.41, 5.74) is 14.5. The number of nitrogens with two attached hydrogens (primary N) is 1. The molecular formula is C35H55N11O4. The molecular weight excluding hydrogens is 638 g/mol. The van der Waals surface area contributed by atoms with Crippen LogP contribution in [0.4, 0.5) is 11.8 Å². The number of likely N-dealkylation sites (tertiary alicyclic amines) is 1. The van der Waals surface area contributed by atoms with Gasteiger partial charge in [0.15, 0.2) is 0 Å². The third-order valence-corrected chi connectivity index (χ3v) is 9.46. The van der Waals surface area contributed by atoms with Crippen molar-refractivity contribution in [2.75, 3.05) is 56.4 Å². The number of nitrogens with one attached hydrogen (secondary N) is 5. The van der Waals surface area contributed by atoms with Gasteiger partial charge in [-0.2, -0.15) is 10.1 Å². The summed E-state index contributed by atoms with van der Waals surface area (Å²) in [7, 11) is 0. The average molecular weight is 694 g/mol. The summed E-state index contributed by atoms with van der Waals surface area (Å²) < 4.78 is 0. The smallest absolute Gasteiger partial charge is 0.320 e. The lowest BCUT2D eigenvalue weighted by Crippen LogP contribution is -2.43. The highest BCUT2D eigenvalue weighted by Crippen LogP contribution is 2.25. The van der Waals surface area contributed by atoms with Crippen LogP contribution in [0.15, 0.2) is 41.3 Å². The molecule has 2 heterocycles. The summed E-state index contributed by atoms with van der Waals surface area (Å²) in [6.07, 6.45) is 11.6. The number of anilines is 2. The van der Waals surface area contributed by atoms with Gasteiger partial charge in [0.05, 0.1) is 17.8 Å². The van der Waals surface area contributed by atoms with Crippen LogP contribution < -0.4 is 27.0 Å². The molecule has 4 rings (SSSR count). The van der Waals surface area contributed by atoms with Crippen molar-refractivity contribution in [2.24, 2.45) is 10.8 Å². The van der Waals surface area contributed by atoms with E-state index in [1.165, 1.54) is 32.1 Å². The van der Waals surface area contributed by atoms with Crippen molar-refractivity contribution < 1.29 is 19.5 Å². The second-order valence-corrected chi connectivity index (χ2v) is 13.3. The number of carboxylic acid groups (broad SMARTS) is 1. The van der Waals surface area contributed by atoms with Gasteiger partial charge in [0, 0.05) is 69.7 Å². The number of hydrogen-bond acceptors (Lipinski definition) is 12. The number of para-hydroxylation sites is 1. The first kappa shape index (κ1) is 38.4. The van der Waals surface area contributed by atoms with Crippen molar-refractivity contribution in [3.05, 3.63) is 36.2 Å². The van der Waals surface area contributed by atoms with Crippen LogP contribution in [-0.2, 0) is 14.4 Å². The summed E-state index contributed by atoms with van der Waals surface area (Å²) in [5, 5.41) is 27.1. The van der Waals surface area contributed by atoms with Crippen LogP contribution in [0.5, 0.6) is 0 Å². The normalized spacial score (nSPS) is 16.5. The molecule has 0 unspecified atom stereocenters. The second-order valence-electron chi connectivity index (χ2n) is 13.3. The zero-order valence-electron chi connectivity index (χ0n) is 29.3. The number of fused-ring (bicyclic) bond motifs is 1. The average Bonchev–Trinajstić information content (AvgIpc) is 3.13. The minimum Gasteiger partial charge on any atom is -0.480 e. The summed E-state index contributed by atoms with van der Waals surface area (Å²) >= 11 is 0. The second kappa shape index (κ2) is 20.3. The molecule has 2 amide bonds. The zero-order chi connectivity index (χ0) is 35.7. The first-order valence-corrected chi connectivity index (χ1v) is 18.1. The van der Waals surface area contributed by atoms with Gasteiger partial charge < -0.3 is 41.9 Å². The highest BCUT2D eigenvalue weighted by Gasteiger charge is 2.25. The fourth-order valence-electron chi connectivity index (χ4n) is 6.46. The van der Waals surface area contributed by atoms with Crippen molar-refractivity contribution in [1.82, 2.24) is 30.4 Å². The number of nitrogens with zero attached hydrogens (tertiary/aromatic N) is 5. The third kappa shape index (κ3) is 12.5. The van der Waals surface area contributed by atoms with Gasteiger partial charge in [0.1, 0.15) is 11.9 Å². The molecule has 0 bridgehead atoms. The Morgan fingerprint density at radius 1 is 1.06 bits per heavy atom. The van der Waals surface area contributed by atoms with E-state index >= 15 is 0 Å². The maximum atomic E-state index is 12.6. The minimum absolute atomic E-state index is 0.0803. The lowest BCUT2D eigenvalue weighted by molar-refractivity contribution is -0.139. The van der Waals surface area contributed by atoms with Crippen LogP contribution in [-0.4, -0.2) is 107 Å². The molecule has 8 N–H and O–H groups in total. The van der Waals surface area contributed by atoms with Gasteiger partial charge in [-0.15, -0.1) is 0 Å². The fourth-order valence-corrected chi connectivity index (χ4v) is 6.46. The lowest BCUT2D eigenvalue weighted by Gasteiger charge is -2.33. The number of rotatable bonds is 20. The van der Waals surface area contributed by atoms with Crippen molar-refractivity contribution in [2.45, 2.75) is 95.7 Å². The summed E-state index contributed by atoms with van der Waals surface area (Å²) in [6, 6.07) is 7.41. The molecule has 15 heteroatoms. The Morgan fingerprint density at radius 3 is 2.48 bits per heavy atom. The van der Waals surface area contributed by atoms with E-state index in [9.17, 15) is 14.4 Å². The van der Waals surface area contributed by atoms with E-state index in [0.717, 1.165) is 49.7 Å². The van der Waals surface area contributed by atoms with E-state index in [0.29, 0.717) is 49.7 Å². The number of carbonyl (C=O) groups is 3. The van der Waals surface area contributed by atoms with Gasteiger partial charge in [0.25, 0.3) is 0 Å². The van der Waals surface area contributed by atoms with E-state index < -0.39 is 12.0 Å². The quantitative estimate of drug-likeness (QED) is 0.0785. The molecule has 2 aromatic rings. The largest absolute Gasteiger partial charge is 0.480 e. The first-order valence-electron chi connectivity index (χ1n) is 18.1.